The van der Waals surface area contributed by atoms with Crippen LogP contribution in [-0.2, 0) is 19.2 Å². The number of Topliss-reactive ketones (excluding diaryl/α,β-unsaturated/α-hetero) is 1. The van der Waals surface area contributed by atoms with Crippen molar-refractivity contribution in [3.8, 4) is 11.5 Å². The molecule has 2 aliphatic heterocycles. The topological polar surface area (TPSA) is 341 Å². The Morgan fingerprint density at radius 2 is 1.17 bits per heavy atom. The van der Waals surface area contributed by atoms with Crippen molar-refractivity contribution in [3.05, 3.63) is 56.6 Å². The minimum Gasteiger partial charge on any atom is -0.550 e. The number of hydrazone groups is 1. The molecule has 4 atom stereocenters. The van der Waals surface area contributed by atoms with Gasteiger partial charge in [-0.25, -0.2) is 9.59 Å². The van der Waals surface area contributed by atoms with E-state index in [1.807, 2.05) is 13.8 Å². The molecule has 0 spiro atoms. The minimum atomic E-state index is -1.08. The number of methoxy groups -OCH3 is 2. The number of carboxylic acid groups (broad SMARTS) is 1. The molecule has 4 heterocycles. The van der Waals surface area contributed by atoms with Crippen LogP contribution in [0.5, 0.6) is 11.5 Å². The number of thioether (sulfide) groups is 2. The summed E-state index contributed by atoms with van der Waals surface area (Å²) in [6, 6.07) is 4.80. The summed E-state index contributed by atoms with van der Waals surface area (Å²) in [5.41, 5.74) is -2.42. The summed E-state index contributed by atoms with van der Waals surface area (Å²) in [4.78, 5) is 78.1. The van der Waals surface area contributed by atoms with Crippen molar-refractivity contribution in [2.75, 3.05) is 25.7 Å². The molecule has 2 amide bonds. The van der Waals surface area contributed by atoms with Crippen LogP contribution in [0.15, 0.2) is 57.8 Å². The van der Waals surface area contributed by atoms with Crippen molar-refractivity contribution in [3.63, 3.8) is 0 Å². The van der Waals surface area contributed by atoms with Crippen molar-refractivity contribution in [2.45, 2.75) is 97.3 Å². The van der Waals surface area contributed by atoms with Crippen LogP contribution in [0.3, 0.4) is 0 Å². The molecule has 0 saturated heterocycles. The normalized spacial score (nSPS) is 18.7. The number of hydrogen-bond donors (Lipinski definition) is 5. The van der Waals surface area contributed by atoms with Gasteiger partial charge in [-0.3, -0.25) is 36.1 Å². The summed E-state index contributed by atoms with van der Waals surface area (Å²) in [5, 5.41) is 19.4. The Kier molecular flexibility index (Phi) is 26.8. The van der Waals surface area contributed by atoms with Gasteiger partial charge in [0.15, 0.2) is 5.78 Å². The first-order valence-electron chi connectivity index (χ1n) is 17.6. The van der Waals surface area contributed by atoms with Gasteiger partial charge >= 0.3 is 40.8 Å². The number of hydrogen-bond acceptors (Lipinski definition) is 19. The number of nitrogens with two attached hydrogens (primary N) is 3. The van der Waals surface area contributed by atoms with E-state index in [2.05, 4.69) is 37.4 Å². The SMILES string of the molecule is CC(=O)[O-].CCC[C@@H](NC(=O)[C@]1(C)CSC(/C(C)=N/N)=N1)c1cc(OC)cc(=O)o1.CCC[C@@H](NC(=O)[C@]1(C)CSC(C(C)=O)=N1)c1cc(OC)cc(=O)o1.NN.O.[Na+]. The zero-order valence-corrected chi connectivity index (χ0v) is 38.7. The first kappa shape index (κ1) is 57.1. The Morgan fingerprint density at radius 1 is 0.814 bits per heavy atom. The van der Waals surface area contributed by atoms with E-state index in [0.29, 0.717) is 63.2 Å². The van der Waals surface area contributed by atoms with E-state index >= 15 is 0 Å². The fourth-order valence-electron chi connectivity index (χ4n) is 4.95. The molecule has 23 heteroatoms. The average Bonchev–Trinajstić information content (AvgIpc) is 3.79. The molecule has 10 N–H and O–H groups in total. The summed E-state index contributed by atoms with van der Waals surface area (Å²) in [5.74, 6) is 13.9. The van der Waals surface area contributed by atoms with Gasteiger partial charge in [-0.05, 0) is 40.5 Å². The van der Waals surface area contributed by atoms with Crippen molar-refractivity contribution in [1.29, 1.82) is 0 Å². The zero-order valence-electron chi connectivity index (χ0n) is 35.1. The monoisotopic (exact) mass is 878 g/mol. The molecule has 0 unspecified atom stereocenters. The third-order valence-electron chi connectivity index (χ3n) is 7.91. The van der Waals surface area contributed by atoms with Gasteiger partial charge in [0, 0.05) is 36.5 Å². The third kappa shape index (κ3) is 18.0. The Bertz CT molecular complexity index is 1920. The van der Waals surface area contributed by atoms with E-state index in [-0.39, 0.29) is 52.6 Å². The van der Waals surface area contributed by atoms with Crippen LogP contribution in [0.25, 0.3) is 0 Å². The van der Waals surface area contributed by atoms with E-state index in [4.69, 9.17) is 34.1 Å². The first-order chi connectivity index (χ1) is 26.8. The molecule has 0 aromatic carbocycles. The predicted octanol–water partition coefficient (Wildman–Crippen LogP) is -2.30. The van der Waals surface area contributed by atoms with Crippen LogP contribution >= 0.6 is 23.5 Å². The molecule has 0 fully saturated rings. The van der Waals surface area contributed by atoms with Gasteiger partial charge in [0.05, 0.1) is 44.1 Å². The van der Waals surface area contributed by atoms with Gasteiger partial charge in [-0.1, -0.05) is 26.7 Å². The molecular weight excluding hydrogens is 824 g/mol. The van der Waals surface area contributed by atoms with Crippen LogP contribution in [0, 0.1) is 0 Å². The Balaban J connectivity index is 0. The largest absolute Gasteiger partial charge is 1.00 e. The van der Waals surface area contributed by atoms with Crippen LogP contribution in [0.4, 0.5) is 0 Å². The molecule has 59 heavy (non-hydrogen) atoms. The van der Waals surface area contributed by atoms with Gasteiger partial charge < -0.3 is 50.2 Å². The van der Waals surface area contributed by atoms with Crippen molar-refractivity contribution >= 4 is 62.9 Å². The number of carbonyl (C=O) groups is 4. The van der Waals surface area contributed by atoms with Crippen molar-refractivity contribution < 1.29 is 77.6 Å². The maximum absolute atomic E-state index is 12.9. The molecule has 0 saturated carbocycles. The van der Waals surface area contributed by atoms with E-state index in [9.17, 15) is 24.0 Å². The van der Waals surface area contributed by atoms with Gasteiger partial charge in [0.2, 0.25) is 11.8 Å². The Hall–Kier alpha value is -4.03. The molecule has 2 aromatic rings. The van der Waals surface area contributed by atoms with Gasteiger partial charge in [0.1, 0.15) is 44.2 Å². The summed E-state index contributed by atoms with van der Waals surface area (Å²) in [7, 11) is 2.93. The van der Waals surface area contributed by atoms with Crippen LogP contribution in [0.2, 0.25) is 0 Å². The summed E-state index contributed by atoms with van der Waals surface area (Å²) < 4.78 is 20.7. The van der Waals surface area contributed by atoms with Crippen LogP contribution in [-0.4, -0.2) is 81.6 Å². The zero-order chi connectivity index (χ0) is 43.5. The molecule has 0 aliphatic carbocycles. The Labute approximate surface area is 372 Å². The van der Waals surface area contributed by atoms with Crippen molar-refractivity contribution in [1.82, 2.24) is 10.6 Å². The fourth-order valence-corrected chi connectivity index (χ4v) is 7.17. The number of hydrazine groups is 1. The van der Waals surface area contributed by atoms with Crippen molar-refractivity contribution in [2.24, 2.45) is 32.6 Å². The number of amides is 2. The fraction of sp³-hybridized carbons (Fsp3) is 0.528. The number of nitrogens with zero attached hydrogens (tertiary/aromatic N) is 3. The van der Waals surface area contributed by atoms with E-state index in [1.54, 1.807) is 32.9 Å². The number of nitrogens with one attached hydrogen (secondary N) is 2. The number of carboxylic acids is 1. The molecule has 20 nitrogen and oxygen atoms in total. The second-order valence-corrected chi connectivity index (χ2v) is 14.7. The number of rotatable bonds is 14. The maximum atomic E-state index is 12.9. The summed E-state index contributed by atoms with van der Waals surface area (Å²) in [6.07, 6.45) is 2.78. The molecular formula is C36H55N8NaO12S2. The van der Waals surface area contributed by atoms with Gasteiger partial charge in [-0.2, -0.15) is 5.10 Å². The third-order valence-corrected chi connectivity index (χ3v) is 10.6. The molecule has 324 valence electrons. The minimum absolute atomic E-state index is 0. The standard InChI is InChI=1S/C17H24N4O4S.C17H22N2O5S.C2H4O2.H4N2.Na.H2O/c1-5-6-12(13-7-11(24-4)8-14(22)25-13)19-16(23)17(3)9-26-15(20-17)10(2)21-18;1-5-6-12(13-7-11(23-4)8-14(21)24-13)18-16(22)17(3)9-25-15(19-17)10(2)20;1-2(3)4;1-2;;/h7-8,12H,5-6,9,18H2,1-4H3,(H,19,23);7-8,12H,5-6,9H2,1-4H3,(H,18,22);1H3,(H,3,4);1-2H2;;1H2/q;;;;+1;/p-1/b21-10+;;;;;/t2*12-,17+;;;;/m11..../s1. The quantitative estimate of drug-likeness (QED) is 0.0576. The number of aliphatic imine (C=N–C) groups is 2. The first-order valence-corrected chi connectivity index (χ1v) is 19.5. The number of ketones is 1. The summed E-state index contributed by atoms with van der Waals surface area (Å²) in [6.45, 7) is 11.6. The molecule has 0 radical (unpaired) electrons. The van der Waals surface area contributed by atoms with Gasteiger partial charge in [-0.15, -0.1) is 23.5 Å². The van der Waals surface area contributed by atoms with Crippen LogP contribution in [0.1, 0.15) is 97.8 Å². The molecule has 2 aromatic heterocycles. The molecule has 0 bridgehead atoms. The average molecular weight is 879 g/mol. The second-order valence-electron chi connectivity index (χ2n) is 12.8. The number of aliphatic carboxylic acids is 1. The molecule has 4 rings (SSSR count). The smallest absolute Gasteiger partial charge is 0.550 e. The van der Waals surface area contributed by atoms with Gasteiger partial charge in [0.25, 0.3) is 0 Å². The maximum Gasteiger partial charge on any atom is 1.00 e. The van der Waals surface area contributed by atoms with E-state index in [1.165, 1.54) is 56.8 Å². The number of ether oxygens (including phenoxy) is 2. The summed E-state index contributed by atoms with van der Waals surface area (Å²) >= 11 is 2.72. The predicted molar refractivity (Wildman–Crippen MR) is 222 cm³/mol. The second kappa shape index (κ2) is 27.7. The number of carbonyl (C=O) groups excluding carboxylic acids is 4. The van der Waals surface area contributed by atoms with E-state index in [0.717, 1.165) is 19.8 Å². The molecule has 2 aliphatic rings. The van der Waals surface area contributed by atoms with E-state index < -0.39 is 40.4 Å². The van der Waals surface area contributed by atoms with Crippen LogP contribution < -0.4 is 83.6 Å². The Morgan fingerprint density at radius 3 is 1.47 bits per heavy atom.